The van der Waals surface area contributed by atoms with Crippen LogP contribution in [0.4, 0.5) is 0 Å². The number of para-hydroxylation sites is 2. The van der Waals surface area contributed by atoms with Gasteiger partial charge in [-0.15, -0.1) is 0 Å². The summed E-state index contributed by atoms with van der Waals surface area (Å²) in [6, 6.07) is 17.0. The molecule has 1 amide bonds. The number of fused-ring (bicyclic) bond motifs is 1. The summed E-state index contributed by atoms with van der Waals surface area (Å²) in [5.41, 5.74) is 4.35. The number of pyridine rings is 1. The highest BCUT2D eigenvalue weighted by atomic mass is 35.5. The first-order chi connectivity index (χ1) is 17.4. The van der Waals surface area contributed by atoms with Gasteiger partial charge in [-0.05, 0) is 74.4 Å². The van der Waals surface area contributed by atoms with Gasteiger partial charge in [-0.3, -0.25) is 18.9 Å². The molecule has 186 valence electrons. The fourth-order valence-electron chi connectivity index (χ4n) is 5.18. The number of aromatic nitrogens is 3. The van der Waals surface area contributed by atoms with Crippen molar-refractivity contribution in [2.45, 2.75) is 51.8 Å². The van der Waals surface area contributed by atoms with Crippen molar-refractivity contribution in [2.75, 3.05) is 0 Å². The Morgan fingerprint density at radius 3 is 2.58 bits per heavy atom. The van der Waals surface area contributed by atoms with Crippen LogP contribution < -0.4 is 11.0 Å². The molecular formula is C28H29ClN4O3. The molecule has 1 aliphatic rings. The lowest BCUT2D eigenvalue weighted by atomic mass is 9.85. The summed E-state index contributed by atoms with van der Waals surface area (Å²) in [5.74, 6) is 0.198. The maximum Gasteiger partial charge on any atom is 0.333 e. The highest BCUT2D eigenvalue weighted by Crippen LogP contribution is 2.28. The van der Waals surface area contributed by atoms with E-state index in [4.69, 9.17) is 11.6 Å². The maximum absolute atomic E-state index is 13.6. The number of aliphatic hydroxyl groups is 1. The summed E-state index contributed by atoms with van der Waals surface area (Å²) in [5, 5.41) is 13.1. The van der Waals surface area contributed by atoms with E-state index in [9.17, 15) is 14.7 Å². The zero-order valence-corrected chi connectivity index (χ0v) is 20.9. The van der Waals surface area contributed by atoms with Crippen LogP contribution in [-0.2, 0) is 13.2 Å². The van der Waals surface area contributed by atoms with Crippen LogP contribution in [0.25, 0.3) is 16.7 Å². The monoisotopic (exact) mass is 504 g/mol. The molecule has 5 rings (SSSR count). The molecule has 7 nitrogen and oxygen atoms in total. The van der Waals surface area contributed by atoms with Gasteiger partial charge in [-0.2, -0.15) is 0 Å². The second-order valence-electron chi connectivity index (χ2n) is 9.52. The molecule has 1 aliphatic carbocycles. The largest absolute Gasteiger partial charge is 0.392 e. The standard InChI is InChI=1S/C28H29ClN4O3/c1-18-24(14-21(29)15-30-18)27(35)31-22-11-9-19(10-12-22)16-32-25-7-2-3-8-26(25)33(28(32)36)23-6-4-5-20(13-23)17-34/h2-8,13-15,19,22,34H,9-12,16-17H2,1H3,(H,31,35). The molecule has 2 heterocycles. The van der Waals surface area contributed by atoms with E-state index in [-0.39, 0.29) is 24.2 Å². The number of aliphatic hydroxyl groups excluding tert-OH is 1. The average molecular weight is 505 g/mol. The van der Waals surface area contributed by atoms with Gasteiger partial charge < -0.3 is 10.4 Å². The molecule has 0 atom stereocenters. The SMILES string of the molecule is Cc1ncc(Cl)cc1C(=O)NC1CCC(Cn2c(=O)n(-c3cccc(CO)c3)c3ccccc32)CC1. The summed E-state index contributed by atoms with van der Waals surface area (Å²) in [4.78, 5) is 30.5. The second kappa shape index (κ2) is 10.3. The number of amides is 1. The van der Waals surface area contributed by atoms with Gasteiger partial charge in [0.2, 0.25) is 0 Å². The Hall–Kier alpha value is -3.42. The van der Waals surface area contributed by atoms with Gasteiger partial charge in [0.1, 0.15) is 0 Å². The number of hydrogen-bond acceptors (Lipinski definition) is 4. The Labute approximate surface area is 214 Å². The fourth-order valence-corrected chi connectivity index (χ4v) is 5.33. The molecule has 0 radical (unpaired) electrons. The lowest BCUT2D eigenvalue weighted by Gasteiger charge is -2.29. The number of nitrogens with zero attached hydrogens (tertiary/aromatic N) is 3. The molecule has 1 fully saturated rings. The topological polar surface area (TPSA) is 89.2 Å². The average Bonchev–Trinajstić information content (AvgIpc) is 3.17. The van der Waals surface area contributed by atoms with Gasteiger partial charge >= 0.3 is 5.69 Å². The van der Waals surface area contributed by atoms with E-state index in [1.807, 2.05) is 53.1 Å². The first-order valence-electron chi connectivity index (χ1n) is 12.3. The van der Waals surface area contributed by atoms with E-state index in [0.717, 1.165) is 48.0 Å². The van der Waals surface area contributed by atoms with Crippen molar-refractivity contribution in [3.8, 4) is 5.69 Å². The van der Waals surface area contributed by atoms with E-state index in [2.05, 4.69) is 10.3 Å². The molecule has 0 bridgehead atoms. The molecule has 2 N–H and O–H groups in total. The van der Waals surface area contributed by atoms with E-state index >= 15 is 0 Å². The first-order valence-corrected chi connectivity index (χ1v) is 12.7. The molecule has 0 unspecified atom stereocenters. The van der Waals surface area contributed by atoms with Crippen LogP contribution in [0.15, 0.2) is 65.6 Å². The number of nitrogens with one attached hydrogen (secondary N) is 1. The quantitative estimate of drug-likeness (QED) is 0.400. The Bertz CT molecular complexity index is 1470. The van der Waals surface area contributed by atoms with Gasteiger partial charge in [-0.25, -0.2) is 4.79 Å². The Kier molecular flexibility index (Phi) is 6.94. The molecule has 0 saturated heterocycles. The fraction of sp³-hybridized carbons (Fsp3) is 0.321. The minimum Gasteiger partial charge on any atom is -0.392 e. The van der Waals surface area contributed by atoms with Gasteiger partial charge in [-0.1, -0.05) is 35.9 Å². The predicted molar refractivity (Wildman–Crippen MR) is 141 cm³/mol. The Balaban J connectivity index is 1.31. The molecule has 2 aromatic carbocycles. The number of aryl methyl sites for hydroxylation is 1. The van der Waals surface area contributed by atoms with E-state index in [1.165, 1.54) is 0 Å². The molecule has 0 spiro atoms. The number of carbonyl (C=O) groups excluding carboxylic acids is 1. The van der Waals surface area contributed by atoms with Crippen molar-refractivity contribution in [1.29, 1.82) is 0 Å². The minimum atomic E-state index is -0.143. The Morgan fingerprint density at radius 1 is 1.08 bits per heavy atom. The Morgan fingerprint density at radius 2 is 1.83 bits per heavy atom. The molecule has 2 aromatic heterocycles. The number of hydrogen-bond donors (Lipinski definition) is 2. The molecular weight excluding hydrogens is 476 g/mol. The normalized spacial score (nSPS) is 17.9. The zero-order chi connectivity index (χ0) is 25.2. The van der Waals surface area contributed by atoms with Crippen LogP contribution in [0.2, 0.25) is 5.02 Å². The summed E-state index contributed by atoms with van der Waals surface area (Å²) >= 11 is 6.03. The van der Waals surface area contributed by atoms with Crippen LogP contribution in [0.1, 0.15) is 47.3 Å². The first kappa shape index (κ1) is 24.3. The van der Waals surface area contributed by atoms with Crippen molar-refractivity contribution < 1.29 is 9.90 Å². The van der Waals surface area contributed by atoms with Gasteiger partial charge in [0, 0.05) is 18.8 Å². The van der Waals surface area contributed by atoms with Crippen molar-refractivity contribution in [1.82, 2.24) is 19.4 Å². The van der Waals surface area contributed by atoms with Crippen LogP contribution in [0.5, 0.6) is 0 Å². The summed E-state index contributed by atoms with van der Waals surface area (Å²) in [7, 11) is 0. The number of carbonyl (C=O) groups is 1. The summed E-state index contributed by atoms with van der Waals surface area (Å²) < 4.78 is 3.59. The summed E-state index contributed by atoms with van der Waals surface area (Å²) in [6.45, 7) is 2.36. The van der Waals surface area contributed by atoms with Crippen LogP contribution >= 0.6 is 11.6 Å². The van der Waals surface area contributed by atoms with Crippen molar-refractivity contribution in [2.24, 2.45) is 5.92 Å². The molecule has 4 aromatic rings. The highest BCUT2D eigenvalue weighted by molar-refractivity contribution is 6.30. The molecule has 0 aliphatic heterocycles. The molecule has 1 saturated carbocycles. The van der Waals surface area contributed by atoms with Gasteiger partial charge in [0.25, 0.3) is 5.91 Å². The second-order valence-corrected chi connectivity index (χ2v) is 9.96. The van der Waals surface area contributed by atoms with Crippen LogP contribution in [-0.4, -0.2) is 31.2 Å². The van der Waals surface area contributed by atoms with E-state index < -0.39 is 0 Å². The van der Waals surface area contributed by atoms with Crippen molar-refractivity contribution in [3.05, 3.63) is 93.1 Å². The van der Waals surface area contributed by atoms with Gasteiger partial charge in [0.05, 0.1) is 39.6 Å². The lowest BCUT2D eigenvalue weighted by molar-refractivity contribution is 0.0919. The molecule has 8 heteroatoms. The third-order valence-electron chi connectivity index (χ3n) is 7.11. The zero-order valence-electron chi connectivity index (χ0n) is 20.2. The number of benzene rings is 2. The number of rotatable bonds is 6. The van der Waals surface area contributed by atoms with Crippen molar-refractivity contribution in [3.63, 3.8) is 0 Å². The van der Waals surface area contributed by atoms with Crippen LogP contribution in [0, 0.1) is 12.8 Å². The van der Waals surface area contributed by atoms with Crippen molar-refractivity contribution >= 4 is 28.5 Å². The predicted octanol–water partition coefficient (Wildman–Crippen LogP) is 4.63. The van der Waals surface area contributed by atoms with Gasteiger partial charge in [0.15, 0.2) is 0 Å². The molecule has 36 heavy (non-hydrogen) atoms. The third kappa shape index (κ3) is 4.81. The van der Waals surface area contributed by atoms with Crippen LogP contribution in [0.3, 0.4) is 0 Å². The number of halogens is 1. The highest BCUT2D eigenvalue weighted by Gasteiger charge is 2.25. The summed E-state index contributed by atoms with van der Waals surface area (Å²) in [6.07, 6.45) is 5.10. The van der Waals surface area contributed by atoms with E-state index in [0.29, 0.717) is 28.7 Å². The minimum absolute atomic E-state index is 0.0750. The lowest BCUT2D eigenvalue weighted by Crippen LogP contribution is -2.39. The van der Waals surface area contributed by atoms with E-state index in [1.54, 1.807) is 23.8 Å². The smallest absolute Gasteiger partial charge is 0.333 e. The third-order valence-corrected chi connectivity index (χ3v) is 7.31. The maximum atomic E-state index is 13.6. The number of imidazole rings is 1.